The summed E-state index contributed by atoms with van der Waals surface area (Å²) >= 11 is 0. The highest BCUT2D eigenvalue weighted by molar-refractivity contribution is 6.43. The van der Waals surface area contributed by atoms with Gasteiger partial charge in [0.25, 0.3) is 0 Å². The van der Waals surface area contributed by atoms with Crippen LogP contribution in [0, 0.1) is 0 Å². The molecule has 1 aromatic rings. The van der Waals surface area contributed by atoms with Gasteiger partial charge in [0, 0.05) is 13.1 Å². The first-order chi connectivity index (χ1) is 16.3. The summed E-state index contributed by atoms with van der Waals surface area (Å²) < 4.78 is 0. The number of hydrogen-bond acceptors (Lipinski definition) is 8. The van der Waals surface area contributed by atoms with Gasteiger partial charge >= 0.3 is 7.12 Å². The Labute approximate surface area is 201 Å². The van der Waals surface area contributed by atoms with Gasteiger partial charge in [0.05, 0.1) is 12.6 Å². The Morgan fingerprint density at radius 2 is 2.00 bits per heavy atom. The van der Waals surface area contributed by atoms with Crippen LogP contribution in [0.3, 0.4) is 0 Å². The molecular weight excluding hydrogens is 439 g/mol. The molecule has 0 aromatic heterocycles. The van der Waals surface area contributed by atoms with Crippen LogP contribution in [0.15, 0.2) is 30.3 Å². The molecule has 7 N–H and O–H groups in total. The first-order valence-corrected chi connectivity index (χ1v) is 11.7. The number of nitrogens with one attached hydrogen (secondary N) is 3. The van der Waals surface area contributed by atoms with Crippen molar-refractivity contribution >= 4 is 24.8 Å². The minimum atomic E-state index is -1.74. The molecule has 11 nitrogen and oxygen atoms in total. The van der Waals surface area contributed by atoms with Gasteiger partial charge in [-0.3, -0.25) is 19.7 Å². The van der Waals surface area contributed by atoms with E-state index in [1.165, 1.54) is 16.7 Å². The maximum absolute atomic E-state index is 13.2. The maximum atomic E-state index is 13.2. The first kappa shape index (κ1) is 27.7. The Morgan fingerprint density at radius 1 is 1.29 bits per heavy atom. The molecule has 188 valence electrons. The van der Waals surface area contributed by atoms with Crippen molar-refractivity contribution in [2.45, 2.75) is 44.3 Å². The lowest BCUT2D eigenvalue weighted by Gasteiger charge is -2.37. The fourth-order valence-corrected chi connectivity index (χ4v) is 3.97. The van der Waals surface area contributed by atoms with Crippen molar-refractivity contribution in [3.8, 4) is 0 Å². The minimum Gasteiger partial charge on any atom is -0.425 e. The molecule has 0 spiro atoms. The van der Waals surface area contributed by atoms with Crippen molar-refractivity contribution in [3.63, 3.8) is 0 Å². The lowest BCUT2D eigenvalue weighted by Crippen LogP contribution is -2.64. The van der Waals surface area contributed by atoms with Gasteiger partial charge in [0.1, 0.15) is 12.1 Å². The van der Waals surface area contributed by atoms with Gasteiger partial charge in [-0.05, 0) is 51.9 Å². The topological polar surface area (TPSA) is 160 Å². The number of nitrogens with zero attached hydrogens (tertiary/aromatic N) is 2. The molecule has 0 bridgehead atoms. The van der Waals surface area contributed by atoms with Crippen molar-refractivity contribution in [3.05, 3.63) is 35.9 Å². The summed E-state index contributed by atoms with van der Waals surface area (Å²) in [5, 5.41) is 27.7. The van der Waals surface area contributed by atoms with E-state index in [1.54, 1.807) is 7.05 Å². The molecule has 2 unspecified atom stereocenters. The van der Waals surface area contributed by atoms with E-state index in [9.17, 15) is 24.4 Å². The Kier molecular flexibility index (Phi) is 11.4. The van der Waals surface area contributed by atoms with E-state index < -0.39 is 37.1 Å². The van der Waals surface area contributed by atoms with Crippen molar-refractivity contribution in [1.82, 2.24) is 25.8 Å². The Bertz CT molecular complexity index is 799. The van der Waals surface area contributed by atoms with Crippen molar-refractivity contribution < 1.29 is 24.4 Å². The van der Waals surface area contributed by atoms with E-state index in [0.29, 0.717) is 45.4 Å². The normalized spacial score (nSPS) is 17.6. The van der Waals surface area contributed by atoms with Crippen molar-refractivity contribution in [2.75, 3.05) is 39.8 Å². The molecule has 0 radical (unpaired) electrons. The molecule has 12 heteroatoms. The highest BCUT2D eigenvalue weighted by Gasteiger charge is 2.37. The highest BCUT2D eigenvalue weighted by Crippen LogP contribution is 2.09. The molecule has 0 saturated carbocycles. The monoisotopic (exact) mass is 476 g/mol. The molecule has 34 heavy (non-hydrogen) atoms. The van der Waals surface area contributed by atoms with E-state index in [-0.39, 0.29) is 12.5 Å². The largest absolute Gasteiger partial charge is 0.491 e. The van der Waals surface area contributed by atoms with Gasteiger partial charge in [0.2, 0.25) is 17.7 Å². The second-order valence-corrected chi connectivity index (χ2v) is 8.42. The SMILES string of the molecule is CN[C@@H](Cc1ccccc1)C(=O)N(CCCN)CC(=O)NC(C)C(=O)N1CCCNC1B(O)O. The summed E-state index contributed by atoms with van der Waals surface area (Å²) in [6.07, 6.45) is 1.66. The van der Waals surface area contributed by atoms with Gasteiger partial charge < -0.3 is 36.2 Å². The molecule has 3 amide bonds. The number of rotatable bonds is 12. The van der Waals surface area contributed by atoms with E-state index in [0.717, 1.165) is 5.56 Å². The van der Waals surface area contributed by atoms with Gasteiger partial charge in [-0.2, -0.15) is 0 Å². The molecule has 1 aliphatic heterocycles. The Morgan fingerprint density at radius 3 is 2.62 bits per heavy atom. The van der Waals surface area contributed by atoms with Crippen LogP contribution in [0.2, 0.25) is 0 Å². The quantitative estimate of drug-likeness (QED) is 0.183. The van der Waals surface area contributed by atoms with E-state index >= 15 is 0 Å². The number of likely N-dealkylation sites (N-methyl/N-ethyl adjacent to an activating group) is 1. The second-order valence-electron chi connectivity index (χ2n) is 8.42. The maximum Gasteiger partial charge on any atom is 0.491 e. The lowest BCUT2D eigenvalue weighted by atomic mass is 9.83. The Hall–Kier alpha value is -2.51. The Balaban J connectivity index is 2.01. The van der Waals surface area contributed by atoms with Gasteiger partial charge in [0.15, 0.2) is 0 Å². The first-order valence-electron chi connectivity index (χ1n) is 11.7. The lowest BCUT2D eigenvalue weighted by molar-refractivity contribution is -0.140. The van der Waals surface area contributed by atoms with Crippen LogP contribution < -0.4 is 21.7 Å². The average molecular weight is 476 g/mol. The van der Waals surface area contributed by atoms with Gasteiger partial charge in [-0.25, -0.2) is 0 Å². The number of benzene rings is 1. The number of carbonyl (C=O) groups excluding carboxylic acids is 3. The van der Waals surface area contributed by atoms with Crippen molar-refractivity contribution in [1.29, 1.82) is 0 Å². The summed E-state index contributed by atoms with van der Waals surface area (Å²) in [4.78, 5) is 41.6. The number of hydrogen-bond donors (Lipinski definition) is 6. The van der Waals surface area contributed by atoms with Crippen LogP contribution in [-0.4, -0.2) is 103 Å². The van der Waals surface area contributed by atoms with Crippen LogP contribution in [0.5, 0.6) is 0 Å². The van der Waals surface area contributed by atoms with Crippen molar-refractivity contribution in [2.24, 2.45) is 5.73 Å². The van der Waals surface area contributed by atoms with Crippen LogP contribution >= 0.6 is 0 Å². The number of amides is 3. The zero-order valence-corrected chi connectivity index (χ0v) is 19.9. The molecule has 1 saturated heterocycles. The van der Waals surface area contributed by atoms with Crippen LogP contribution in [-0.2, 0) is 20.8 Å². The third-order valence-corrected chi connectivity index (χ3v) is 5.79. The fourth-order valence-electron chi connectivity index (χ4n) is 3.97. The third-order valence-electron chi connectivity index (χ3n) is 5.79. The average Bonchev–Trinajstić information content (AvgIpc) is 2.84. The summed E-state index contributed by atoms with van der Waals surface area (Å²) in [5.74, 6) is -1.14. The molecule has 1 aliphatic rings. The van der Waals surface area contributed by atoms with Crippen LogP contribution in [0.25, 0.3) is 0 Å². The smallest absolute Gasteiger partial charge is 0.425 e. The summed E-state index contributed by atoms with van der Waals surface area (Å²) in [7, 11) is -0.0360. The minimum absolute atomic E-state index is 0.215. The van der Waals surface area contributed by atoms with E-state index in [1.807, 2.05) is 30.3 Å². The molecule has 1 fully saturated rings. The summed E-state index contributed by atoms with van der Waals surface area (Å²) in [6, 6.07) is 7.25. The standard InChI is InChI=1S/C22H37BN6O5/c1-16(20(31)29-13-7-11-26-22(29)23(33)34)27-19(30)15-28(12-6-10-24)21(32)18(25-2)14-17-8-4-3-5-9-17/h3-5,8-9,16,18,22,25-26,33-34H,6-7,10-15,24H2,1-2H3,(H,27,30)/t16?,18-,22?/m0/s1. The number of nitrogens with two attached hydrogens (primary N) is 1. The predicted octanol–water partition coefficient (Wildman–Crippen LogP) is -2.34. The molecule has 1 aromatic carbocycles. The highest BCUT2D eigenvalue weighted by atomic mass is 16.4. The number of carbonyl (C=O) groups is 3. The molecule has 2 rings (SSSR count). The van der Waals surface area contributed by atoms with E-state index in [2.05, 4.69) is 16.0 Å². The second kappa shape index (κ2) is 14.0. The zero-order chi connectivity index (χ0) is 25.1. The van der Waals surface area contributed by atoms with Gasteiger partial charge in [-0.1, -0.05) is 30.3 Å². The van der Waals surface area contributed by atoms with Crippen LogP contribution in [0.4, 0.5) is 0 Å². The zero-order valence-electron chi connectivity index (χ0n) is 19.9. The van der Waals surface area contributed by atoms with E-state index in [4.69, 9.17) is 5.73 Å². The molecule has 3 atom stereocenters. The summed E-state index contributed by atoms with van der Waals surface area (Å²) in [6.45, 7) is 2.91. The fraction of sp³-hybridized carbons (Fsp3) is 0.591. The molecule has 1 heterocycles. The molecule has 0 aliphatic carbocycles. The third kappa shape index (κ3) is 8.06. The van der Waals surface area contributed by atoms with Gasteiger partial charge in [-0.15, -0.1) is 0 Å². The van der Waals surface area contributed by atoms with Crippen LogP contribution in [0.1, 0.15) is 25.3 Å². The predicted molar refractivity (Wildman–Crippen MR) is 129 cm³/mol. The summed E-state index contributed by atoms with van der Waals surface area (Å²) in [5.41, 5.74) is 6.62. The molecular formula is C22H37BN6O5.